The van der Waals surface area contributed by atoms with Crippen LogP contribution in [0.1, 0.15) is 45.4 Å². The minimum absolute atomic E-state index is 0.0590. The van der Waals surface area contributed by atoms with Crippen LogP contribution < -0.4 is 0 Å². The van der Waals surface area contributed by atoms with E-state index in [4.69, 9.17) is 0 Å². The molecule has 1 nitrogen and oxygen atoms in total. The Morgan fingerprint density at radius 1 is 1.36 bits per heavy atom. The van der Waals surface area contributed by atoms with Crippen LogP contribution in [-0.2, 0) is 4.79 Å². The Hall–Kier alpha value is -0.590. The first-order valence-electron chi connectivity index (χ1n) is 5.85. The number of allylic oxidation sites excluding steroid dienone is 1. The van der Waals surface area contributed by atoms with Gasteiger partial charge in [0.05, 0.1) is 0 Å². The van der Waals surface area contributed by atoms with Crippen LogP contribution in [0.25, 0.3) is 0 Å². The zero-order valence-corrected chi connectivity index (χ0v) is 8.94. The number of carbonyl (C=O) groups is 1. The second-order valence-corrected chi connectivity index (χ2v) is 5.55. The van der Waals surface area contributed by atoms with Crippen molar-refractivity contribution in [1.82, 2.24) is 0 Å². The maximum atomic E-state index is 12.1. The van der Waals surface area contributed by atoms with E-state index in [9.17, 15) is 4.79 Å². The van der Waals surface area contributed by atoms with Gasteiger partial charge in [-0.25, -0.2) is 0 Å². The molecular weight excluding hydrogens is 172 g/mol. The molecule has 3 saturated carbocycles. The molecule has 0 bridgehead atoms. The van der Waals surface area contributed by atoms with E-state index in [-0.39, 0.29) is 10.8 Å². The Balaban J connectivity index is 2.22. The van der Waals surface area contributed by atoms with Gasteiger partial charge in [0.15, 0.2) is 0 Å². The van der Waals surface area contributed by atoms with E-state index in [0.717, 1.165) is 12.8 Å². The number of carbonyl (C=O) groups excluding carboxylic acids is 1. The maximum Gasteiger partial charge on any atom is 0.143 e. The van der Waals surface area contributed by atoms with Gasteiger partial charge < -0.3 is 0 Å². The molecule has 0 saturated heterocycles. The number of hydrogen-bond donors (Lipinski definition) is 0. The van der Waals surface area contributed by atoms with Crippen molar-refractivity contribution in [3.63, 3.8) is 0 Å². The van der Waals surface area contributed by atoms with Crippen molar-refractivity contribution >= 4 is 5.78 Å². The predicted molar refractivity (Wildman–Crippen MR) is 55.9 cm³/mol. The molecule has 0 N–H and O–H groups in total. The molecule has 3 aliphatic carbocycles. The van der Waals surface area contributed by atoms with Crippen LogP contribution in [0, 0.1) is 16.7 Å². The van der Waals surface area contributed by atoms with Gasteiger partial charge >= 0.3 is 0 Å². The molecule has 3 fully saturated rings. The monoisotopic (exact) mass is 190 g/mol. The first kappa shape index (κ1) is 8.70. The molecular formula is C13H18O. The van der Waals surface area contributed by atoms with Crippen LogP contribution in [0.2, 0.25) is 0 Å². The molecule has 0 amide bonds. The minimum atomic E-state index is 0.0590. The standard InChI is InChI=1S/C13H18O/c1-9-4-7-12-5-3-6-13(9,12)10(2)8-11(12)14/h9H,2-8H2,1H3/t9-,12+,13-/m1/s1. The van der Waals surface area contributed by atoms with Crippen LogP contribution in [-0.4, -0.2) is 5.78 Å². The summed E-state index contributed by atoms with van der Waals surface area (Å²) in [4.78, 5) is 12.1. The van der Waals surface area contributed by atoms with Gasteiger partial charge in [0.2, 0.25) is 0 Å². The zero-order chi connectivity index (χ0) is 9.97. The van der Waals surface area contributed by atoms with E-state index < -0.39 is 0 Å². The quantitative estimate of drug-likeness (QED) is 0.536. The van der Waals surface area contributed by atoms with E-state index in [1.807, 2.05) is 0 Å². The molecule has 0 aromatic rings. The summed E-state index contributed by atoms with van der Waals surface area (Å²) in [5.74, 6) is 1.22. The van der Waals surface area contributed by atoms with E-state index in [0.29, 0.717) is 18.1 Å². The first-order chi connectivity index (χ1) is 6.63. The third-order valence-corrected chi connectivity index (χ3v) is 5.41. The molecule has 0 spiro atoms. The Morgan fingerprint density at radius 2 is 2.14 bits per heavy atom. The summed E-state index contributed by atoms with van der Waals surface area (Å²) in [6.07, 6.45) is 6.70. The van der Waals surface area contributed by atoms with Crippen molar-refractivity contribution in [2.24, 2.45) is 16.7 Å². The smallest absolute Gasteiger partial charge is 0.143 e. The summed E-state index contributed by atoms with van der Waals surface area (Å²) in [7, 11) is 0. The van der Waals surface area contributed by atoms with Gasteiger partial charge in [-0.1, -0.05) is 25.5 Å². The molecule has 76 valence electrons. The molecule has 14 heavy (non-hydrogen) atoms. The highest BCUT2D eigenvalue weighted by Crippen LogP contribution is 2.72. The molecule has 0 heterocycles. The van der Waals surface area contributed by atoms with E-state index in [1.54, 1.807) is 0 Å². The normalized spacial score (nSPS) is 51.1. The first-order valence-corrected chi connectivity index (χ1v) is 5.85. The molecule has 0 unspecified atom stereocenters. The summed E-state index contributed by atoms with van der Waals surface area (Å²) in [6.45, 7) is 6.54. The molecule has 0 aliphatic heterocycles. The van der Waals surface area contributed by atoms with Gasteiger partial charge in [0, 0.05) is 17.3 Å². The molecule has 1 heteroatoms. The molecule has 0 radical (unpaired) electrons. The minimum Gasteiger partial charge on any atom is -0.299 e. The topological polar surface area (TPSA) is 17.1 Å². The number of ketones is 1. The van der Waals surface area contributed by atoms with E-state index in [1.165, 1.54) is 24.8 Å². The molecule has 3 aliphatic rings. The lowest BCUT2D eigenvalue weighted by Crippen LogP contribution is -2.35. The highest BCUT2D eigenvalue weighted by Gasteiger charge is 2.68. The third-order valence-electron chi connectivity index (χ3n) is 5.41. The van der Waals surface area contributed by atoms with Gasteiger partial charge in [0.1, 0.15) is 5.78 Å². The van der Waals surface area contributed by atoms with Gasteiger partial charge in [-0.15, -0.1) is 0 Å². The number of hydrogen-bond acceptors (Lipinski definition) is 1. The Bertz CT molecular complexity index is 330. The van der Waals surface area contributed by atoms with Crippen molar-refractivity contribution in [3.05, 3.63) is 12.2 Å². The fraction of sp³-hybridized carbons (Fsp3) is 0.769. The number of Topliss-reactive ketones (excluding diaryl/α,β-unsaturated/α-hetero) is 1. The van der Waals surface area contributed by atoms with Gasteiger partial charge in [-0.05, 0) is 31.6 Å². The summed E-state index contributed by atoms with van der Waals surface area (Å²) in [6, 6.07) is 0. The lowest BCUT2D eigenvalue weighted by Gasteiger charge is -2.36. The fourth-order valence-electron chi connectivity index (χ4n) is 4.82. The zero-order valence-electron chi connectivity index (χ0n) is 8.94. The van der Waals surface area contributed by atoms with Crippen molar-refractivity contribution in [2.45, 2.75) is 45.4 Å². The molecule has 3 atom stereocenters. The van der Waals surface area contributed by atoms with Gasteiger partial charge in [-0.3, -0.25) is 4.79 Å². The summed E-state index contributed by atoms with van der Waals surface area (Å²) >= 11 is 0. The van der Waals surface area contributed by atoms with Crippen molar-refractivity contribution < 1.29 is 4.79 Å². The van der Waals surface area contributed by atoms with Crippen molar-refractivity contribution in [2.75, 3.05) is 0 Å². The lowest BCUT2D eigenvalue weighted by atomic mass is 9.65. The van der Waals surface area contributed by atoms with Gasteiger partial charge in [0.25, 0.3) is 0 Å². The van der Waals surface area contributed by atoms with Crippen LogP contribution in [0.4, 0.5) is 0 Å². The Labute approximate surface area is 85.6 Å². The predicted octanol–water partition coefficient (Wildman–Crippen LogP) is 3.10. The fourth-order valence-corrected chi connectivity index (χ4v) is 4.82. The molecule has 3 rings (SSSR count). The van der Waals surface area contributed by atoms with Crippen molar-refractivity contribution in [1.29, 1.82) is 0 Å². The summed E-state index contributed by atoms with van der Waals surface area (Å²) in [5.41, 5.74) is 1.57. The Morgan fingerprint density at radius 3 is 2.86 bits per heavy atom. The second-order valence-electron chi connectivity index (χ2n) is 5.55. The van der Waals surface area contributed by atoms with Crippen molar-refractivity contribution in [3.8, 4) is 0 Å². The maximum absolute atomic E-state index is 12.1. The average molecular weight is 190 g/mol. The number of rotatable bonds is 0. The van der Waals surface area contributed by atoms with Crippen LogP contribution in [0.3, 0.4) is 0 Å². The highest BCUT2D eigenvalue weighted by atomic mass is 16.1. The van der Waals surface area contributed by atoms with Crippen LogP contribution >= 0.6 is 0 Å². The average Bonchev–Trinajstić information content (AvgIpc) is 2.69. The highest BCUT2D eigenvalue weighted by molar-refractivity contribution is 5.93. The lowest BCUT2D eigenvalue weighted by molar-refractivity contribution is -0.127. The molecule has 0 aromatic carbocycles. The van der Waals surface area contributed by atoms with Gasteiger partial charge in [-0.2, -0.15) is 0 Å². The molecule has 0 aromatic heterocycles. The van der Waals surface area contributed by atoms with E-state index >= 15 is 0 Å². The summed E-state index contributed by atoms with van der Waals surface area (Å²) < 4.78 is 0. The van der Waals surface area contributed by atoms with E-state index in [2.05, 4.69) is 13.5 Å². The van der Waals surface area contributed by atoms with Crippen LogP contribution in [0.15, 0.2) is 12.2 Å². The Kier molecular flexibility index (Phi) is 1.44. The largest absolute Gasteiger partial charge is 0.299 e. The second kappa shape index (κ2) is 2.32. The van der Waals surface area contributed by atoms with Crippen LogP contribution in [0.5, 0.6) is 0 Å². The summed E-state index contributed by atoms with van der Waals surface area (Å²) in [5, 5.41) is 0. The third kappa shape index (κ3) is 0.627. The SMILES string of the molecule is C=C1CC(=O)[C@@]23CCC[C@@]12[C@H](C)CC3.